The molecule has 1 aromatic rings. The summed E-state index contributed by atoms with van der Waals surface area (Å²) >= 11 is 0. The number of aliphatic imine (C=N–C) groups is 1. The standard InChI is InChI=1S/C16H27N3O3S/c1-11(2)18-16(17-9-14-7-8-23(20,21)10-14)19-13(4)15-6-5-12(3)22-15/h5-6,11,13-14H,7-10H2,1-4H3,(H2,17,18,19). The van der Waals surface area contributed by atoms with Crippen molar-refractivity contribution in [2.24, 2.45) is 10.9 Å². The maximum Gasteiger partial charge on any atom is 0.192 e. The first-order valence-electron chi connectivity index (χ1n) is 8.09. The highest BCUT2D eigenvalue weighted by Gasteiger charge is 2.27. The second-order valence-corrected chi connectivity index (χ2v) is 8.80. The molecule has 1 aromatic heterocycles. The molecule has 6 nitrogen and oxygen atoms in total. The molecule has 7 heteroatoms. The molecule has 1 fully saturated rings. The maximum atomic E-state index is 11.5. The van der Waals surface area contributed by atoms with Crippen molar-refractivity contribution in [3.63, 3.8) is 0 Å². The SMILES string of the molecule is Cc1ccc(C(C)NC(=NCC2CCS(=O)(=O)C2)NC(C)C)o1. The van der Waals surface area contributed by atoms with Crippen molar-refractivity contribution in [1.29, 1.82) is 0 Å². The van der Waals surface area contributed by atoms with E-state index in [9.17, 15) is 8.42 Å². The van der Waals surface area contributed by atoms with E-state index in [4.69, 9.17) is 4.42 Å². The second-order valence-electron chi connectivity index (χ2n) is 6.57. The van der Waals surface area contributed by atoms with Gasteiger partial charge in [-0.1, -0.05) is 0 Å². The van der Waals surface area contributed by atoms with E-state index in [1.165, 1.54) is 0 Å². The van der Waals surface area contributed by atoms with Crippen LogP contribution < -0.4 is 10.6 Å². The van der Waals surface area contributed by atoms with Crippen LogP contribution in [-0.2, 0) is 9.84 Å². The fraction of sp³-hybridized carbons (Fsp3) is 0.688. The highest BCUT2D eigenvalue weighted by atomic mass is 32.2. The van der Waals surface area contributed by atoms with Crippen molar-refractivity contribution in [3.05, 3.63) is 23.7 Å². The summed E-state index contributed by atoms with van der Waals surface area (Å²) in [5.41, 5.74) is 0. The molecule has 2 unspecified atom stereocenters. The normalized spacial score (nSPS) is 22.3. The molecule has 1 aliphatic rings. The van der Waals surface area contributed by atoms with E-state index < -0.39 is 9.84 Å². The number of rotatable bonds is 5. The van der Waals surface area contributed by atoms with Gasteiger partial charge < -0.3 is 15.1 Å². The minimum Gasteiger partial charge on any atom is -0.464 e. The number of aryl methyl sites for hydroxylation is 1. The largest absolute Gasteiger partial charge is 0.464 e. The lowest BCUT2D eigenvalue weighted by Gasteiger charge is -2.19. The Labute approximate surface area is 138 Å². The molecule has 1 aliphatic heterocycles. The summed E-state index contributed by atoms with van der Waals surface area (Å²) in [7, 11) is -2.85. The molecule has 1 saturated heterocycles. The summed E-state index contributed by atoms with van der Waals surface area (Å²) in [6.45, 7) is 8.52. The van der Waals surface area contributed by atoms with Crippen LogP contribution >= 0.6 is 0 Å². The van der Waals surface area contributed by atoms with Crippen molar-refractivity contribution in [2.75, 3.05) is 18.1 Å². The lowest BCUT2D eigenvalue weighted by atomic mass is 10.1. The Balaban J connectivity index is 2.00. The van der Waals surface area contributed by atoms with Gasteiger partial charge in [0.05, 0.1) is 17.5 Å². The summed E-state index contributed by atoms with van der Waals surface area (Å²) in [6, 6.07) is 4.10. The van der Waals surface area contributed by atoms with Crippen molar-refractivity contribution in [2.45, 2.75) is 46.2 Å². The Bertz CT molecular complexity index is 649. The van der Waals surface area contributed by atoms with Gasteiger partial charge in [0.2, 0.25) is 0 Å². The van der Waals surface area contributed by atoms with Crippen LogP contribution in [0.15, 0.2) is 21.5 Å². The van der Waals surface area contributed by atoms with Crippen molar-refractivity contribution in [1.82, 2.24) is 10.6 Å². The second kappa shape index (κ2) is 7.38. The molecule has 0 saturated carbocycles. The monoisotopic (exact) mass is 341 g/mol. The van der Waals surface area contributed by atoms with Crippen molar-refractivity contribution < 1.29 is 12.8 Å². The lowest BCUT2D eigenvalue weighted by Crippen LogP contribution is -2.42. The highest BCUT2D eigenvalue weighted by Crippen LogP contribution is 2.19. The van der Waals surface area contributed by atoms with Gasteiger partial charge in [-0.05, 0) is 52.2 Å². The van der Waals surface area contributed by atoms with E-state index in [0.717, 1.165) is 11.5 Å². The summed E-state index contributed by atoms with van der Waals surface area (Å²) in [4.78, 5) is 4.57. The average molecular weight is 341 g/mol. The fourth-order valence-electron chi connectivity index (χ4n) is 2.61. The number of hydrogen-bond donors (Lipinski definition) is 2. The number of sulfone groups is 1. The molecule has 0 spiro atoms. The molecule has 2 N–H and O–H groups in total. The summed E-state index contributed by atoms with van der Waals surface area (Å²) in [5, 5.41) is 6.60. The van der Waals surface area contributed by atoms with E-state index in [0.29, 0.717) is 18.9 Å². The smallest absolute Gasteiger partial charge is 0.192 e. The van der Waals surface area contributed by atoms with Crippen LogP contribution in [0.3, 0.4) is 0 Å². The third kappa shape index (κ3) is 5.57. The number of guanidine groups is 1. The van der Waals surface area contributed by atoms with Gasteiger partial charge in [0.25, 0.3) is 0 Å². The van der Waals surface area contributed by atoms with Gasteiger partial charge in [0.15, 0.2) is 15.8 Å². The van der Waals surface area contributed by atoms with E-state index in [-0.39, 0.29) is 29.5 Å². The number of nitrogens with zero attached hydrogens (tertiary/aromatic N) is 1. The Morgan fingerprint density at radius 1 is 1.35 bits per heavy atom. The molecule has 0 bridgehead atoms. The van der Waals surface area contributed by atoms with Crippen LogP contribution in [-0.4, -0.2) is 38.5 Å². The van der Waals surface area contributed by atoms with E-state index >= 15 is 0 Å². The Kier molecular flexibility index (Phi) is 5.73. The topological polar surface area (TPSA) is 83.7 Å². The summed E-state index contributed by atoms with van der Waals surface area (Å²) < 4.78 is 28.7. The predicted octanol–water partition coefficient (Wildman–Crippen LogP) is 2.03. The molecule has 2 rings (SSSR count). The first-order valence-corrected chi connectivity index (χ1v) is 9.91. The van der Waals surface area contributed by atoms with Crippen LogP contribution in [0.25, 0.3) is 0 Å². The average Bonchev–Trinajstić information content (AvgIpc) is 3.01. The van der Waals surface area contributed by atoms with E-state index in [1.54, 1.807) is 0 Å². The third-order valence-electron chi connectivity index (χ3n) is 3.80. The zero-order valence-corrected chi connectivity index (χ0v) is 15.1. The van der Waals surface area contributed by atoms with Crippen LogP contribution in [0.5, 0.6) is 0 Å². The van der Waals surface area contributed by atoms with Crippen LogP contribution in [0, 0.1) is 12.8 Å². The van der Waals surface area contributed by atoms with Gasteiger partial charge in [0.1, 0.15) is 11.5 Å². The quantitative estimate of drug-likeness (QED) is 0.632. The zero-order chi connectivity index (χ0) is 17.0. The molecule has 0 amide bonds. The lowest BCUT2D eigenvalue weighted by molar-refractivity contribution is 0.440. The van der Waals surface area contributed by atoms with Gasteiger partial charge in [0, 0.05) is 12.6 Å². The van der Waals surface area contributed by atoms with Gasteiger partial charge >= 0.3 is 0 Å². The molecular formula is C16H27N3O3S. The number of hydrogen-bond acceptors (Lipinski definition) is 4. The van der Waals surface area contributed by atoms with E-state index in [2.05, 4.69) is 15.6 Å². The fourth-order valence-corrected chi connectivity index (χ4v) is 4.45. The Morgan fingerprint density at radius 3 is 2.61 bits per heavy atom. The molecule has 0 radical (unpaired) electrons. The molecule has 23 heavy (non-hydrogen) atoms. The molecule has 0 aromatic carbocycles. The van der Waals surface area contributed by atoms with E-state index in [1.807, 2.05) is 39.8 Å². The minimum absolute atomic E-state index is 0.0130. The summed E-state index contributed by atoms with van der Waals surface area (Å²) in [6.07, 6.45) is 0.702. The molecule has 130 valence electrons. The first kappa shape index (κ1) is 17.8. The van der Waals surface area contributed by atoms with Crippen LogP contribution in [0.1, 0.15) is 44.8 Å². The van der Waals surface area contributed by atoms with Crippen LogP contribution in [0.2, 0.25) is 0 Å². The van der Waals surface area contributed by atoms with Gasteiger partial charge in [-0.3, -0.25) is 4.99 Å². The molecule has 2 heterocycles. The van der Waals surface area contributed by atoms with Crippen molar-refractivity contribution in [3.8, 4) is 0 Å². The van der Waals surface area contributed by atoms with Crippen LogP contribution in [0.4, 0.5) is 0 Å². The number of furan rings is 1. The molecule has 0 aliphatic carbocycles. The van der Waals surface area contributed by atoms with Gasteiger partial charge in [-0.25, -0.2) is 8.42 Å². The predicted molar refractivity (Wildman–Crippen MR) is 92.3 cm³/mol. The Hall–Kier alpha value is -1.50. The van der Waals surface area contributed by atoms with Gasteiger partial charge in [-0.15, -0.1) is 0 Å². The van der Waals surface area contributed by atoms with Crippen molar-refractivity contribution >= 4 is 15.8 Å². The summed E-state index contributed by atoms with van der Waals surface area (Å²) in [5.74, 6) is 3.07. The minimum atomic E-state index is -2.85. The molecular weight excluding hydrogens is 314 g/mol. The highest BCUT2D eigenvalue weighted by molar-refractivity contribution is 7.91. The number of nitrogens with one attached hydrogen (secondary N) is 2. The first-order chi connectivity index (χ1) is 10.7. The molecule has 2 atom stereocenters. The third-order valence-corrected chi connectivity index (χ3v) is 5.64. The Morgan fingerprint density at radius 2 is 2.09 bits per heavy atom. The zero-order valence-electron chi connectivity index (χ0n) is 14.3. The maximum absolute atomic E-state index is 11.5. The van der Waals surface area contributed by atoms with Gasteiger partial charge in [-0.2, -0.15) is 0 Å².